The van der Waals surface area contributed by atoms with E-state index in [1.807, 2.05) is 0 Å². The maximum absolute atomic E-state index is 12.4. The van der Waals surface area contributed by atoms with Crippen LogP contribution in [0, 0.1) is 0 Å². The number of carbonyl (C=O) groups excluding carboxylic acids is 1. The van der Waals surface area contributed by atoms with Gasteiger partial charge < -0.3 is 24.1 Å². The predicted octanol–water partition coefficient (Wildman–Crippen LogP) is 2.57. The first-order valence-electron chi connectivity index (χ1n) is 9.58. The zero-order valence-corrected chi connectivity index (χ0v) is 18.6. The molecule has 0 aromatic rings. The molecule has 1 N–H and O–H groups in total. The molecule has 1 saturated heterocycles. The van der Waals surface area contributed by atoms with Crippen LogP contribution in [-0.4, -0.2) is 83.0 Å². The van der Waals surface area contributed by atoms with Crippen molar-refractivity contribution in [1.82, 2.24) is 4.90 Å². The summed E-state index contributed by atoms with van der Waals surface area (Å²) in [6.07, 6.45) is 0.343. The molecule has 0 radical (unpaired) electrons. The zero-order chi connectivity index (χ0) is 21.8. The lowest BCUT2D eigenvalue weighted by Crippen LogP contribution is -2.59. The van der Waals surface area contributed by atoms with Gasteiger partial charge in [0, 0.05) is 7.05 Å². The van der Waals surface area contributed by atoms with E-state index in [0.717, 1.165) is 0 Å². The molecule has 164 valence electrons. The molecule has 1 amide bonds. The fraction of sp³-hybridized carbons (Fsp3) is 0.700. The largest absolute Gasteiger partial charge is 0.443 e. The lowest BCUT2D eigenvalue weighted by molar-refractivity contribution is -0.206. The summed E-state index contributed by atoms with van der Waals surface area (Å²) in [5.74, 6) is 0. The highest BCUT2D eigenvalue weighted by atomic mass is 32.2. The van der Waals surface area contributed by atoms with Crippen molar-refractivity contribution in [3.63, 3.8) is 0 Å². The van der Waals surface area contributed by atoms with Crippen LogP contribution in [0.2, 0.25) is 0 Å². The van der Waals surface area contributed by atoms with E-state index in [1.165, 1.54) is 16.7 Å². The molecule has 0 bridgehead atoms. The van der Waals surface area contributed by atoms with Gasteiger partial charge in [-0.2, -0.15) is 0 Å². The van der Waals surface area contributed by atoms with E-state index < -0.39 is 47.6 Å². The van der Waals surface area contributed by atoms with Crippen molar-refractivity contribution >= 4 is 23.0 Å². The Hall–Kier alpha value is -1.39. The number of nitrogens with zero attached hydrogens (tertiary/aromatic N) is 2. The molecular weight excluding hydrogens is 396 g/mol. The number of aliphatic imine (C=N–C) groups is 1. The monoisotopic (exact) mass is 428 g/mol. The van der Waals surface area contributed by atoms with Crippen LogP contribution < -0.4 is 0 Å². The van der Waals surface area contributed by atoms with Crippen LogP contribution in [-0.2, 0) is 18.9 Å². The minimum atomic E-state index is -0.783. The van der Waals surface area contributed by atoms with Crippen LogP contribution in [0.3, 0.4) is 0 Å². The Labute approximate surface area is 176 Å². The summed E-state index contributed by atoms with van der Waals surface area (Å²) in [5.41, 5.74) is -1.04. The lowest BCUT2D eigenvalue weighted by Gasteiger charge is -2.43. The topological polar surface area (TPSA) is 89.8 Å². The number of amides is 1. The van der Waals surface area contributed by atoms with Gasteiger partial charge in [-0.15, -0.1) is 13.2 Å². The molecule has 1 fully saturated rings. The van der Waals surface area contributed by atoms with Crippen molar-refractivity contribution < 1.29 is 28.8 Å². The Bertz CT molecular complexity index is 633. The fourth-order valence-corrected chi connectivity index (χ4v) is 4.21. The van der Waals surface area contributed by atoms with Crippen molar-refractivity contribution in [1.29, 1.82) is 0 Å². The van der Waals surface area contributed by atoms with Crippen LogP contribution in [0.25, 0.3) is 0 Å². The van der Waals surface area contributed by atoms with Crippen LogP contribution in [0.5, 0.6) is 0 Å². The van der Waals surface area contributed by atoms with Gasteiger partial charge >= 0.3 is 6.09 Å². The number of hydrogen-bond donors (Lipinski definition) is 1. The summed E-state index contributed by atoms with van der Waals surface area (Å²) in [7, 11) is 1.61. The number of carbonyl (C=O) groups is 1. The molecule has 0 aliphatic carbocycles. The maximum atomic E-state index is 12.4. The Morgan fingerprint density at radius 2 is 1.90 bits per heavy atom. The summed E-state index contributed by atoms with van der Waals surface area (Å²) >= 11 is 1.30. The molecule has 29 heavy (non-hydrogen) atoms. The molecule has 2 aliphatic rings. The van der Waals surface area contributed by atoms with Gasteiger partial charge in [0.15, 0.2) is 5.17 Å². The second kappa shape index (κ2) is 10.1. The molecule has 0 saturated carbocycles. The second-order valence-corrected chi connectivity index (χ2v) is 9.01. The Kier molecular flexibility index (Phi) is 8.30. The molecule has 0 spiro atoms. The van der Waals surface area contributed by atoms with E-state index in [2.05, 4.69) is 18.2 Å². The highest BCUT2D eigenvalue weighted by Gasteiger charge is 2.52. The van der Waals surface area contributed by atoms with Crippen molar-refractivity contribution in [2.24, 2.45) is 4.99 Å². The third-order valence-corrected chi connectivity index (χ3v) is 5.49. The fourth-order valence-electron chi connectivity index (χ4n) is 3.05. The minimum absolute atomic E-state index is 0.282. The third-order valence-electron chi connectivity index (χ3n) is 4.28. The number of ether oxygens (including phenoxy) is 4. The van der Waals surface area contributed by atoms with Crippen LogP contribution in [0.4, 0.5) is 4.79 Å². The number of thioether (sulfide) groups is 1. The summed E-state index contributed by atoms with van der Waals surface area (Å²) in [6, 6.07) is -0.412. The van der Waals surface area contributed by atoms with Gasteiger partial charge in [-0.1, -0.05) is 23.9 Å². The van der Waals surface area contributed by atoms with E-state index in [-0.39, 0.29) is 6.61 Å². The van der Waals surface area contributed by atoms with Gasteiger partial charge in [0.1, 0.15) is 35.4 Å². The first-order valence-corrected chi connectivity index (χ1v) is 10.5. The molecule has 8 nitrogen and oxygen atoms in total. The van der Waals surface area contributed by atoms with Gasteiger partial charge in [0.05, 0.1) is 19.3 Å². The molecule has 0 aromatic carbocycles. The van der Waals surface area contributed by atoms with E-state index in [4.69, 9.17) is 18.9 Å². The smallest absolute Gasteiger partial charge is 0.416 e. The molecule has 2 rings (SSSR count). The quantitative estimate of drug-likeness (QED) is 0.623. The first kappa shape index (κ1) is 23.9. The van der Waals surface area contributed by atoms with E-state index in [0.29, 0.717) is 11.8 Å². The Balaban J connectivity index is 2.26. The first-order chi connectivity index (χ1) is 13.6. The highest BCUT2D eigenvalue weighted by molar-refractivity contribution is 8.14. The van der Waals surface area contributed by atoms with Gasteiger partial charge in [0.25, 0.3) is 0 Å². The van der Waals surface area contributed by atoms with Crippen molar-refractivity contribution in [3.8, 4) is 0 Å². The molecule has 2 aliphatic heterocycles. The van der Waals surface area contributed by atoms with E-state index in [1.54, 1.807) is 46.9 Å². The Morgan fingerprint density at radius 1 is 1.31 bits per heavy atom. The zero-order valence-electron chi connectivity index (χ0n) is 17.7. The second-order valence-electron chi connectivity index (χ2n) is 7.94. The van der Waals surface area contributed by atoms with Crippen molar-refractivity contribution in [3.05, 3.63) is 25.3 Å². The number of rotatable bonds is 7. The average Bonchev–Trinajstić information content (AvgIpc) is 3.05. The maximum Gasteiger partial charge on any atom is 0.416 e. The van der Waals surface area contributed by atoms with Gasteiger partial charge in [0.2, 0.25) is 0 Å². The normalized spacial score (nSPS) is 30.1. The van der Waals surface area contributed by atoms with Crippen molar-refractivity contribution in [2.45, 2.75) is 69.2 Å². The Morgan fingerprint density at radius 3 is 2.41 bits per heavy atom. The molecule has 9 heteroatoms. The summed E-state index contributed by atoms with van der Waals surface area (Å²) < 4.78 is 23.4. The van der Waals surface area contributed by atoms with E-state index in [9.17, 15) is 9.90 Å². The highest BCUT2D eigenvalue weighted by Crippen LogP contribution is 2.40. The molecule has 0 aromatic heterocycles. The van der Waals surface area contributed by atoms with E-state index >= 15 is 0 Å². The minimum Gasteiger partial charge on any atom is -0.443 e. The number of aliphatic hydroxyl groups is 1. The molecule has 2 heterocycles. The lowest BCUT2D eigenvalue weighted by atomic mass is 9.95. The van der Waals surface area contributed by atoms with Crippen LogP contribution in [0.1, 0.15) is 27.7 Å². The SMILES string of the molecule is C=CCO[C@@H]1[C@H]2N=C(N(C)C(=O)OC(C)(C)C)S[C@H]2O[C@H](C(C)O)[C@H]1OCC=C. The number of aliphatic hydroxyl groups excluding tert-OH is 1. The van der Waals surface area contributed by atoms with Gasteiger partial charge in [-0.05, 0) is 27.7 Å². The van der Waals surface area contributed by atoms with Gasteiger partial charge in [-0.3, -0.25) is 9.89 Å². The number of fused-ring (bicyclic) bond motifs is 1. The molecule has 6 atom stereocenters. The van der Waals surface area contributed by atoms with Crippen LogP contribution in [0.15, 0.2) is 30.3 Å². The number of amidine groups is 1. The average molecular weight is 429 g/mol. The summed E-state index contributed by atoms with van der Waals surface area (Å²) in [5, 5.41) is 10.7. The number of hydrogen-bond acceptors (Lipinski definition) is 8. The summed E-state index contributed by atoms with van der Waals surface area (Å²) in [4.78, 5) is 18.5. The molecule has 1 unspecified atom stereocenters. The van der Waals surface area contributed by atoms with Gasteiger partial charge in [-0.25, -0.2) is 4.79 Å². The standard InChI is InChI=1S/C20H32N2O6S/c1-8-10-25-15-13-17(27-14(12(3)23)16(15)26-11-9-2)29-18(21-13)22(7)19(24)28-20(4,5)6/h8-9,12-17,23H,1-2,10-11H2,3-7H3/t12?,13-,14-,15-,16-,17-/m1/s1. The molecular formula is C20H32N2O6S. The summed E-state index contributed by atoms with van der Waals surface area (Å²) in [6.45, 7) is 15.0. The van der Waals surface area contributed by atoms with Crippen molar-refractivity contribution in [2.75, 3.05) is 20.3 Å². The van der Waals surface area contributed by atoms with Crippen LogP contribution >= 0.6 is 11.8 Å². The third kappa shape index (κ3) is 6.05. The predicted molar refractivity (Wildman–Crippen MR) is 113 cm³/mol.